The normalized spacial score (nSPS) is 11.2. The molecule has 0 spiro atoms. The Kier molecular flexibility index (Phi) is 6.43. The number of benzene rings is 1. The summed E-state index contributed by atoms with van der Waals surface area (Å²) < 4.78 is 21.9. The number of halogens is 1. The van der Waals surface area contributed by atoms with Gasteiger partial charge in [-0.15, -0.1) is 0 Å². The van der Waals surface area contributed by atoms with E-state index in [1.807, 2.05) is 13.8 Å². The van der Waals surface area contributed by atoms with Gasteiger partial charge in [0, 0.05) is 38.9 Å². The van der Waals surface area contributed by atoms with E-state index in [-0.39, 0.29) is 30.2 Å². The zero-order chi connectivity index (χ0) is 21.0. The summed E-state index contributed by atoms with van der Waals surface area (Å²) in [7, 11) is 1.61. The topological polar surface area (TPSA) is 78.2 Å². The molecule has 0 unspecified atom stereocenters. The lowest BCUT2D eigenvalue weighted by atomic mass is 10.2. The summed E-state index contributed by atoms with van der Waals surface area (Å²) in [4.78, 5) is 29.4. The zero-order valence-corrected chi connectivity index (χ0v) is 16.9. The number of aromatic nitrogens is 3. The number of carbonyl (C=O) groups excluding carboxylic acids is 1. The molecule has 0 fully saturated rings. The Bertz CT molecular complexity index is 1090. The maximum atomic E-state index is 13.7. The molecule has 0 radical (unpaired) electrons. The molecular formula is C21H25FN4O3. The number of nitrogens with one attached hydrogen (secondary N) is 1. The monoisotopic (exact) mass is 400 g/mol. The summed E-state index contributed by atoms with van der Waals surface area (Å²) >= 11 is 0. The van der Waals surface area contributed by atoms with Crippen molar-refractivity contribution in [1.82, 2.24) is 19.4 Å². The average molecular weight is 400 g/mol. The number of carbonyl (C=O) groups is 1. The highest BCUT2D eigenvalue weighted by atomic mass is 19.1. The van der Waals surface area contributed by atoms with Crippen molar-refractivity contribution in [2.45, 2.75) is 33.2 Å². The minimum atomic E-state index is -0.355. The van der Waals surface area contributed by atoms with Crippen LogP contribution < -0.4 is 10.9 Å². The molecule has 0 atom stereocenters. The quantitative estimate of drug-likeness (QED) is 0.590. The summed E-state index contributed by atoms with van der Waals surface area (Å²) in [6, 6.07) is 6.18. The SMILES string of the molecule is COCCCNC(=O)CCn1cnc2c(c(C)c(C)n2-c2cccc(F)c2)c1=O. The van der Waals surface area contributed by atoms with Crippen molar-refractivity contribution >= 4 is 16.9 Å². The summed E-state index contributed by atoms with van der Waals surface area (Å²) in [5, 5.41) is 3.28. The largest absolute Gasteiger partial charge is 0.385 e. The number of amides is 1. The van der Waals surface area contributed by atoms with E-state index in [2.05, 4.69) is 10.3 Å². The molecule has 1 aromatic carbocycles. The van der Waals surface area contributed by atoms with Crippen LogP contribution in [-0.4, -0.2) is 40.3 Å². The Morgan fingerprint density at radius 1 is 1.31 bits per heavy atom. The maximum Gasteiger partial charge on any atom is 0.263 e. The summed E-state index contributed by atoms with van der Waals surface area (Å²) in [5.41, 5.74) is 2.50. The van der Waals surface area contributed by atoms with Crippen LogP contribution in [0, 0.1) is 19.7 Å². The maximum absolute atomic E-state index is 13.7. The predicted molar refractivity (Wildman–Crippen MR) is 109 cm³/mol. The number of fused-ring (bicyclic) bond motifs is 1. The van der Waals surface area contributed by atoms with Gasteiger partial charge in [0.15, 0.2) is 5.65 Å². The van der Waals surface area contributed by atoms with Crippen LogP contribution in [0.3, 0.4) is 0 Å². The van der Waals surface area contributed by atoms with Crippen LogP contribution in [-0.2, 0) is 16.1 Å². The molecule has 29 heavy (non-hydrogen) atoms. The van der Waals surface area contributed by atoms with Crippen LogP contribution in [0.1, 0.15) is 24.1 Å². The molecule has 0 aliphatic rings. The Morgan fingerprint density at radius 3 is 2.83 bits per heavy atom. The van der Waals surface area contributed by atoms with Crippen molar-refractivity contribution in [2.24, 2.45) is 0 Å². The summed E-state index contributed by atoms with van der Waals surface area (Å²) in [6.45, 7) is 5.08. The highest BCUT2D eigenvalue weighted by molar-refractivity contribution is 5.83. The van der Waals surface area contributed by atoms with E-state index in [4.69, 9.17) is 4.74 Å². The molecule has 3 rings (SSSR count). The number of hydrogen-bond donors (Lipinski definition) is 1. The van der Waals surface area contributed by atoms with Crippen LogP contribution in [0.15, 0.2) is 35.4 Å². The van der Waals surface area contributed by atoms with Gasteiger partial charge >= 0.3 is 0 Å². The van der Waals surface area contributed by atoms with E-state index in [1.54, 1.807) is 23.8 Å². The van der Waals surface area contributed by atoms with Crippen LogP contribution in [0.4, 0.5) is 4.39 Å². The molecular weight excluding hydrogens is 375 g/mol. The fourth-order valence-electron chi connectivity index (χ4n) is 3.33. The van der Waals surface area contributed by atoms with Crippen molar-refractivity contribution in [2.75, 3.05) is 20.3 Å². The van der Waals surface area contributed by atoms with Gasteiger partial charge in [-0.2, -0.15) is 0 Å². The standard InChI is InChI=1S/C21H25FN4O3/c1-14-15(2)26(17-7-4-6-16(22)12-17)20-19(14)21(28)25(13-24-20)10-8-18(27)23-9-5-11-29-3/h4,6-7,12-13H,5,8-11H2,1-3H3,(H,23,27). The van der Waals surface area contributed by atoms with Crippen molar-refractivity contribution < 1.29 is 13.9 Å². The van der Waals surface area contributed by atoms with Gasteiger partial charge in [-0.3, -0.25) is 18.7 Å². The highest BCUT2D eigenvalue weighted by Gasteiger charge is 2.18. The van der Waals surface area contributed by atoms with Crippen LogP contribution in [0.2, 0.25) is 0 Å². The second-order valence-electron chi connectivity index (χ2n) is 6.91. The van der Waals surface area contributed by atoms with Crippen LogP contribution in [0.25, 0.3) is 16.7 Å². The lowest BCUT2D eigenvalue weighted by Gasteiger charge is -2.09. The van der Waals surface area contributed by atoms with E-state index < -0.39 is 0 Å². The average Bonchev–Trinajstić information content (AvgIpc) is 2.96. The minimum absolute atomic E-state index is 0.127. The van der Waals surface area contributed by atoms with Gasteiger partial charge in [0.05, 0.1) is 17.4 Å². The van der Waals surface area contributed by atoms with Crippen molar-refractivity contribution in [1.29, 1.82) is 0 Å². The molecule has 0 aliphatic heterocycles. The lowest BCUT2D eigenvalue weighted by molar-refractivity contribution is -0.121. The Hall–Kier alpha value is -3.00. The second-order valence-corrected chi connectivity index (χ2v) is 6.91. The molecule has 0 aliphatic carbocycles. The Labute approximate surface area is 168 Å². The molecule has 2 heterocycles. The molecule has 1 amide bonds. The molecule has 0 saturated heterocycles. The molecule has 2 aromatic heterocycles. The number of rotatable bonds is 8. The molecule has 0 bridgehead atoms. The Morgan fingerprint density at radius 2 is 2.10 bits per heavy atom. The van der Waals surface area contributed by atoms with E-state index in [1.165, 1.54) is 23.0 Å². The van der Waals surface area contributed by atoms with Gasteiger partial charge in [-0.05, 0) is 44.0 Å². The molecule has 3 aromatic rings. The first kappa shape index (κ1) is 20.7. The smallest absolute Gasteiger partial charge is 0.263 e. The minimum Gasteiger partial charge on any atom is -0.385 e. The second kappa shape index (κ2) is 9.00. The molecule has 8 heteroatoms. The van der Waals surface area contributed by atoms with E-state index in [0.29, 0.717) is 29.9 Å². The number of nitrogens with zero attached hydrogens (tertiary/aromatic N) is 3. The van der Waals surface area contributed by atoms with Gasteiger partial charge in [0.1, 0.15) is 5.82 Å². The number of aryl methyl sites for hydroxylation is 2. The number of ether oxygens (including phenoxy) is 1. The first-order valence-corrected chi connectivity index (χ1v) is 9.52. The summed E-state index contributed by atoms with van der Waals surface area (Å²) in [5.74, 6) is -0.482. The van der Waals surface area contributed by atoms with Gasteiger partial charge < -0.3 is 10.1 Å². The van der Waals surface area contributed by atoms with Gasteiger partial charge in [0.2, 0.25) is 5.91 Å². The zero-order valence-electron chi connectivity index (χ0n) is 16.9. The fraction of sp³-hybridized carbons (Fsp3) is 0.381. The summed E-state index contributed by atoms with van der Waals surface area (Å²) in [6.07, 6.45) is 2.36. The van der Waals surface area contributed by atoms with Crippen molar-refractivity contribution in [3.05, 3.63) is 58.0 Å². The van der Waals surface area contributed by atoms with Crippen LogP contribution >= 0.6 is 0 Å². The third-order valence-corrected chi connectivity index (χ3v) is 4.98. The first-order valence-electron chi connectivity index (χ1n) is 9.52. The van der Waals surface area contributed by atoms with Crippen molar-refractivity contribution in [3.63, 3.8) is 0 Å². The van der Waals surface area contributed by atoms with E-state index >= 15 is 0 Å². The molecule has 0 saturated carbocycles. The fourth-order valence-corrected chi connectivity index (χ4v) is 3.33. The van der Waals surface area contributed by atoms with Crippen LogP contribution in [0.5, 0.6) is 0 Å². The lowest BCUT2D eigenvalue weighted by Crippen LogP contribution is -2.28. The van der Waals surface area contributed by atoms with Gasteiger partial charge in [-0.25, -0.2) is 9.37 Å². The van der Waals surface area contributed by atoms with E-state index in [0.717, 1.165) is 17.7 Å². The van der Waals surface area contributed by atoms with Gasteiger partial charge in [-0.1, -0.05) is 6.07 Å². The number of methoxy groups -OCH3 is 1. The predicted octanol–water partition coefficient (Wildman–Crippen LogP) is 2.49. The van der Waals surface area contributed by atoms with E-state index in [9.17, 15) is 14.0 Å². The first-order chi connectivity index (χ1) is 13.9. The van der Waals surface area contributed by atoms with Gasteiger partial charge in [0.25, 0.3) is 5.56 Å². The Balaban J connectivity index is 1.86. The third-order valence-electron chi connectivity index (χ3n) is 4.98. The molecule has 7 nitrogen and oxygen atoms in total. The molecule has 1 N–H and O–H groups in total. The third kappa shape index (κ3) is 4.37. The highest BCUT2D eigenvalue weighted by Crippen LogP contribution is 2.25. The number of hydrogen-bond acceptors (Lipinski definition) is 4. The van der Waals surface area contributed by atoms with Crippen molar-refractivity contribution in [3.8, 4) is 5.69 Å². The molecule has 154 valence electrons.